The third-order valence-electron chi connectivity index (χ3n) is 5.78. The molecule has 0 saturated heterocycles. The van der Waals surface area contributed by atoms with Crippen molar-refractivity contribution in [3.8, 4) is 11.4 Å². The molecule has 3 aromatic rings. The molecule has 0 bridgehead atoms. The number of nitrogens with one attached hydrogen (secondary N) is 1. The van der Waals surface area contributed by atoms with E-state index in [4.69, 9.17) is 4.74 Å². The fraction of sp³-hybridized carbons (Fsp3) is 0.292. The average molecular weight is 463 g/mol. The number of anilines is 1. The number of ether oxygens (including phenoxy) is 1. The molecular formula is C24H25N5O5. The Hall–Kier alpha value is -4.21. The molecule has 0 aliphatic carbocycles. The first-order valence-corrected chi connectivity index (χ1v) is 11.1. The van der Waals surface area contributed by atoms with Crippen LogP contribution < -0.4 is 15.0 Å². The van der Waals surface area contributed by atoms with E-state index in [2.05, 4.69) is 10.4 Å². The maximum absolute atomic E-state index is 13.4. The second-order valence-corrected chi connectivity index (χ2v) is 7.93. The van der Waals surface area contributed by atoms with Gasteiger partial charge in [-0.25, -0.2) is 4.68 Å². The van der Waals surface area contributed by atoms with Crippen LogP contribution in [0.25, 0.3) is 5.69 Å². The van der Waals surface area contributed by atoms with Crippen molar-refractivity contribution in [1.29, 1.82) is 0 Å². The second-order valence-electron chi connectivity index (χ2n) is 7.93. The van der Waals surface area contributed by atoms with Gasteiger partial charge in [-0.05, 0) is 43.2 Å². The van der Waals surface area contributed by atoms with Crippen molar-refractivity contribution in [2.24, 2.45) is 0 Å². The number of fused-ring (bicyclic) bond motifs is 1. The summed E-state index contributed by atoms with van der Waals surface area (Å²) in [4.78, 5) is 38.2. The summed E-state index contributed by atoms with van der Waals surface area (Å²) in [6.45, 7) is 4.05. The van der Waals surface area contributed by atoms with Crippen LogP contribution in [0.3, 0.4) is 0 Å². The van der Waals surface area contributed by atoms with Crippen LogP contribution in [0.2, 0.25) is 0 Å². The molecule has 2 aromatic carbocycles. The number of benzene rings is 2. The zero-order valence-electron chi connectivity index (χ0n) is 18.9. The van der Waals surface area contributed by atoms with Crippen LogP contribution in [0.1, 0.15) is 37.2 Å². The fourth-order valence-corrected chi connectivity index (χ4v) is 3.80. The molecule has 1 aliphatic heterocycles. The van der Waals surface area contributed by atoms with Gasteiger partial charge in [-0.15, -0.1) is 0 Å². The normalized spacial score (nSPS) is 14.9. The van der Waals surface area contributed by atoms with Crippen LogP contribution >= 0.6 is 0 Å². The predicted octanol–water partition coefficient (Wildman–Crippen LogP) is 3.49. The number of hydrogen-bond donors (Lipinski definition) is 1. The lowest BCUT2D eigenvalue weighted by molar-refractivity contribution is -0.384. The minimum Gasteiger partial charge on any atom is -0.477 e. The van der Waals surface area contributed by atoms with Gasteiger partial charge in [0.15, 0.2) is 11.8 Å². The first-order chi connectivity index (χ1) is 16.4. The van der Waals surface area contributed by atoms with Gasteiger partial charge in [0.05, 0.1) is 22.8 Å². The number of para-hydroxylation sites is 2. The lowest BCUT2D eigenvalue weighted by Crippen LogP contribution is -2.52. The number of nitrogens with zero attached hydrogens (tertiary/aromatic N) is 4. The fourth-order valence-electron chi connectivity index (χ4n) is 3.80. The van der Waals surface area contributed by atoms with Crippen molar-refractivity contribution in [2.75, 3.05) is 11.4 Å². The zero-order valence-corrected chi connectivity index (χ0v) is 18.9. The Bertz CT molecular complexity index is 1200. The quantitative estimate of drug-likeness (QED) is 0.423. The van der Waals surface area contributed by atoms with Crippen LogP contribution in [0.4, 0.5) is 11.4 Å². The molecule has 10 nitrogen and oxygen atoms in total. The van der Waals surface area contributed by atoms with Gasteiger partial charge < -0.3 is 10.1 Å². The third-order valence-corrected chi connectivity index (χ3v) is 5.78. The number of aromatic nitrogens is 2. The number of rotatable bonds is 7. The highest BCUT2D eigenvalue weighted by Gasteiger charge is 2.35. The van der Waals surface area contributed by atoms with E-state index in [1.807, 2.05) is 13.8 Å². The van der Waals surface area contributed by atoms with Gasteiger partial charge in [-0.2, -0.15) is 5.10 Å². The number of nitro groups is 1. The second kappa shape index (κ2) is 9.74. The molecule has 2 heterocycles. The van der Waals surface area contributed by atoms with Gasteiger partial charge in [-0.1, -0.05) is 26.0 Å². The summed E-state index contributed by atoms with van der Waals surface area (Å²) < 4.78 is 7.39. The lowest BCUT2D eigenvalue weighted by Gasteiger charge is -2.34. The summed E-state index contributed by atoms with van der Waals surface area (Å²) in [6, 6.07) is 14.5. The van der Waals surface area contributed by atoms with Crippen LogP contribution in [0.5, 0.6) is 5.75 Å². The Kier molecular flexibility index (Phi) is 6.58. The summed E-state index contributed by atoms with van der Waals surface area (Å²) in [5.41, 5.74) is 1.28. The average Bonchev–Trinajstić information content (AvgIpc) is 3.36. The number of hydrogen-bond acceptors (Lipinski definition) is 6. The molecule has 176 valence electrons. The molecule has 1 N–H and O–H groups in total. The van der Waals surface area contributed by atoms with Gasteiger partial charge in [0.25, 0.3) is 17.5 Å². The van der Waals surface area contributed by atoms with Crippen LogP contribution in [-0.2, 0) is 4.79 Å². The molecule has 34 heavy (non-hydrogen) atoms. The number of carbonyl (C=O) groups is 2. The summed E-state index contributed by atoms with van der Waals surface area (Å²) in [7, 11) is 0. The van der Waals surface area contributed by atoms with Crippen molar-refractivity contribution < 1.29 is 19.2 Å². The Morgan fingerprint density at radius 2 is 1.85 bits per heavy atom. The van der Waals surface area contributed by atoms with Crippen molar-refractivity contribution in [2.45, 2.75) is 38.8 Å². The van der Waals surface area contributed by atoms with Gasteiger partial charge in [0.2, 0.25) is 0 Å². The van der Waals surface area contributed by atoms with Gasteiger partial charge in [0, 0.05) is 24.4 Å². The smallest absolute Gasteiger partial charge is 0.279 e. The molecular weight excluding hydrogens is 438 g/mol. The van der Waals surface area contributed by atoms with E-state index in [-0.39, 0.29) is 35.8 Å². The van der Waals surface area contributed by atoms with Gasteiger partial charge >= 0.3 is 0 Å². The summed E-state index contributed by atoms with van der Waals surface area (Å²) in [5, 5.41) is 18.2. The molecule has 0 saturated carbocycles. The Morgan fingerprint density at radius 3 is 2.53 bits per heavy atom. The molecule has 1 atom stereocenters. The van der Waals surface area contributed by atoms with E-state index in [1.165, 1.54) is 21.7 Å². The molecule has 1 unspecified atom stereocenters. The van der Waals surface area contributed by atoms with Crippen LogP contribution in [-0.4, -0.2) is 45.2 Å². The standard InChI is InChI=1S/C24H25N5O5/c1-3-16(4-2)25-23(30)22-15-27(20-7-5-6-8-21(20)34-22)24(31)19-13-14-28(26-19)17-9-11-18(12-10-17)29(32)33/h5-14,16,22H,3-4,15H2,1-2H3,(H,25,30). The zero-order chi connectivity index (χ0) is 24.2. The Balaban J connectivity index is 1.58. The molecule has 4 rings (SSSR count). The SMILES string of the molecule is CCC(CC)NC(=O)C1CN(C(=O)c2ccn(-c3ccc([N+](=O)[O-])cc3)n2)c2ccccc2O1. The Morgan fingerprint density at radius 1 is 1.15 bits per heavy atom. The molecule has 0 radical (unpaired) electrons. The summed E-state index contributed by atoms with van der Waals surface area (Å²) >= 11 is 0. The highest BCUT2D eigenvalue weighted by Crippen LogP contribution is 2.34. The van der Waals surface area contributed by atoms with Crippen molar-refractivity contribution in [1.82, 2.24) is 15.1 Å². The minimum absolute atomic E-state index is 0.0326. The minimum atomic E-state index is -0.851. The predicted molar refractivity (Wildman–Crippen MR) is 125 cm³/mol. The third kappa shape index (κ3) is 4.61. The summed E-state index contributed by atoms with van der Waals surface area (Å²) in [5.74, 6) is -0.198. The Labute approximate surface area is 196 Å². The van der Waals surface area contributed by atoms with E-state index >= 15 is 0 Å². The maximum atomic E-state index is 13.4. The molecule has 1 aromatic heterocycles. The summed E-state index contributed by atoms with van der Waals surface area (Å²) in [6.07, 6.45) is 2.36. The van der Waals surface area contributed by atoms with Crippen LogP contribution in [0.15, 0.2) is 60.8 Å². The largest absolute Gasteiger partial charge is 0.477 e. The van der Waals surface area contributed by atoms with E-state index in [9.17, 15) is 19.7 Å². The first-order valence-electron chi connectivity index (χ1n) is 11.1. The molecule has 0 spiro atoms. The molecule has 2 amide bonds. The van der Waals surface area contributed by atoms with Crippen molar-refractivity contribution in [3.63, 3.8) is 0 Å². The first kappa shape index (κ1) is 23.0. The monoisotopic (exact) mass is 463 g/mol. The molecule has 0 fully saturated rings. The number of non-ortho nitro benzene ring substituents is 1. The maximum Gasteiger partial charge on any atom is 0.279 e. The van der Waals surface area contributed by atoms with Crippen LogP contribution in [0, 0.1) is 10.1 Å². The number of carbonyl (C=O) groups excluding carboxylic acids is 2. The number of nitro benzene ring substituents is 1. The topological polar surface area (TPSA) is 120 Å². The lowest BCUT2D eigenvalue weighted by atomic mass is 10.1. The van der Waals surface area contributed by atoms with Gasteiger partial charge in [0.1, 0.15) is 5.75 Å². The van der Waals surface area contributed by atoms with E-state index in [0.29, 0.717) is 17.1 Å². The van der Waals surface area contributed by atoms with Crippen molar-refractivity contribution >= 4 is 23.2 Å². The van der Waals surface area contributed by atoms with E-state index in [0.717, 1.165) is 12.8 Å². The molecule has 1 aliphatic rings. The highest BCUT2D eigenvalue weighted by atomic mass is 16.6. The molecule has 10 heteroatoms. The van der Waals surface area contributed by atoms with Crippen molar-refractivity contribution in [3.05, 3.63) is 76.6 Å². The van der Waals surface area contributed by atoms with Gasteiger partial charge in [-0.3, -0.25) is 24.6 Å². The van der Waals surface area contributed by atoms with E-state index < -0.39 is 11.0 Å². The number of amides is 2. The van der Waals surface area contributed by atoms with E-state index in [1.54, 1.807) is 48.7 Å². The highest BCUT2D eigenvalue weighted by molar-refractivity contribution is 6.06.